The van der Waals surface area contributed by atoms with E-state index >= 15 is 0 Å². The van der Waals surface area contributed by atoms with Crippen molar-refractivity contribution in [1.29, 1.82) is 0 Å². The van der Waals surface area contributed by atoms with Crippen LogP contribution in [0.1, 0.15) is 15.9 Å². The van der Waals surface area contributed by atoms with Gasteiger partial charge in [0.25, 0.3) is 5.91 Å². The number of amides is 1. The molecule has 0 saturated heterocycles. The van der Waals surface area contributed by atoms with E-state index in [1.54, 1.807) is 36.4 Å². The number of carbonyl (C=O) groups is 1. The molecule has 0 atom stereocenters. The number of hydrogen-bond acceptors (Lipinski definition) is 1. The van der Waals surface area contributed by atoms with Gasteiger partial charge in [0.1, 0.15) is 5.82 Å². The van der Waals surface area contributed by atoms with Gasteiger partial charge in [-0.15, -0.1) is 0 Å². The fourth-order valence-electron chi connectivity index (χ4n) is 1.57. The minimum absolute atomic E-state index is 0.129. The van der Waals surface area contributed by atoms with Crippen molar-refractivity contribution >= 4 is 33.4 Å². The maximum Gasteiger partial charge on any atom is 0.251 e. The summed E-state index contributed by atoms with van der Waals surface area (Å²) in [5.74, 6) is -0.648. The Morgan fingerprint density at radius 1 is 1.26 bits per heavy atom. The molecule has 2 nitrogen and oxygen atoms in total. The van der Waals surface area contributed by atoms with Crippen molar-refractivity contribution in [2.75, 3.05) is 0 Å². The quantitative estimate of drug-likeness (QED) is 0.891. The molecule has 0 fully saturated rings. The van der Waals surface area contributed by atoms with Crippen molar-refractivity contribution in [3.8, 4) is 0 Å². The zero-order chi connectivity index (χ0) is 13.8. The average molecular weight is 343 g/mol. The molecule has 0 unspecified atom stereocenters. The summed E-state index contributed by atoms with van der Waals surface area (Å²) in [7, 11) is 0. The molecule has 0 aliphatic carbocycles. The first-order valence-electron chi connectivity index (χ1n) is 5.54. The highest BCUT2D eigenvalue weighted by molar-refractivity contribution is 9.10. The number of nitrogens with one attached hydrogen (secondary N) is 1. The molecule has 0 heterocycles. The van der Waals surface area contributed by atoms with Gasteiger partial charge >= 0.3 is 0 Å². The molecule has 1 N–H and O–H groups in total. The van der Waals surface area contributed by atoms with Crippen molar-refractivity contribution < 1.29 is 9.18 Å². The van der Waals surface area contributed by atoms with Crippen LogP contribution in [0.15, 0.2) is 46.9 Å². The molecule has 98 valence electrons. The average Bonchev–Trinajstić information content (AvgIpc) is 2.37. The van der Waals surface area contributed by atoms with Crippen LogP contribution in [0.3, 0.4) is 0 Å². The summed E-state index contributed by atoms with van der Waals surface area (Å²) in [5, 5.41) is 3.14. The summed E-state index contributed by atoms with van der Waals surface area (Å²) < 4.78 is 14.2. The fraction of sp³-hybridized carbons (Fsp3) is 0.0714. The number of rotatable bonds is 3. The van der Waals surface area contributed by atoms with Crippen LogP contribution in [0.5, 0.6) is 0 Å². The maximum absolute atomic E-state index is 13.6. The Bertz CT molecular complexity index is 618. The topological polar surface area (TPSA) is 29.1 Å². The monoisotopic (exact) mass is 341 g/mol. The summed E-state index contributed by atoms with van der Waals surface area (Å²) in [6.07, 6.45) is 0. The molecule has 0 saturated carbocycles. The Morgan fingerprint density at radius 3 is 2.74 bits per heavy atom. The number of hydrogen-bond donors (Lipinski definition) is 1. The summed E-state index contributed by atoms with van der Waals surface area (Å²) in [6, 6.07) is 11.3. The Hall–Kier alpha value is -1.39. The van der Waals surface area contributed by atoms with Gasteiger partial charge in [-0.3, -0.25) is 4.79 Å². The van der Waals surface area contributed by atoms with Gasteiger partial charge in [-0.05, 0) is 30.3 Å². The number of carbonyl (C=O) groups excluding carboxylic acids is 1. The molecular weight excluding hydrogens is 333 g/mol. The van der Waals surface area contributed by atoms with Gasteiger partial charge in [-0.1, -0.05) is 39.7 Å². The molecule has 0 aromatic heterocycles. The SMILES string of the molecule is O=C(NCc1ccc(Br)cc1F)c1cccc(Cl)c1. The van der Waals surface area contributed by atoms with Gasteiger partial charge in [-0.25, -0.2) is 4.39 Å². The van der Waals surface area contributed by atoms with Gasteiger partial charge < -0.3 is 5.32 Å². The summed E-state index contributed by atoms with van der Waals surface area (Å²) in [4.78, 5) is 11.8. The van der Waals surface area contributed by atoms with Crippen LogP contribution in [0, 0.1) is 5.82 Å². The van der Waals surface area contributed by atoms with Crippen LogP contribution in [0.4, 0.5) is 4.39 Å². The lowest BCUT2D eigenvalue weighted by atomic mass is 10.2. The van der Waals surface area contributed by atoms with Crippen LogP contribution in [-0.2, 0) is 6.54 Å². The molecule has 5 heteroatoms. The predicted octanol–water partition coefficient (Wildman–Crippen LogP) is 4.17. The first-order valence-corrected chi connectivity index (χ1v) is 6.71. The molecule has 0 spiro atoms. The second kappa shape index (κ2) is 6.17. The first kappa shape index (κ1) is 14.0. The van der Waals surface area contributed by atoms with Crippen LogP contribution >= 0.6 is 27.5 Å². The van der Waals surface area contributed by atoms with E-state index in [4.69, 9.17) is 11.6 Å². The van der Waals surface area contributed by atoms with Gasteiger partial charge in [0.15, 0.2) is 0 Å². The second-order valence-electron chi connectivity index (χ2n) is 3.93. The summed E-state index contributed by atoms with van der Waals surface area (Å²) in [5.41, 5.74) is 0.878. The normalized spacial score (nSPS) is 10.3. The van der Waals surface area contributed by atoms with E-state index in [-0.39, 0.29) is 18.3 Å². The minimum Gasteiger partial charge on any atom is -0.348 e. The molecule has 0 bridgehead atoms. The maximum atomic E-state index is 13.6. The number of halogens is 3. The molecule has 1 amide bonds. The first-order chi connectivity index (χ1) is 9.06. The Balaban J connectivity index is 2.04. The lowest BCUT2D eigenvalue weighted by molar-refractivity contribution is 0.0950. The standard InChI is InChI=1S/C14H10BrClFNO/c15-11-5-4-10(13(17)7-11)8-18-14(19)9-2-1-3-12(16)6-9/h1-7H,8H2,(H,18,19). The van der Waals surface area contributed by atoms with Crippen LogP contribution < -0.4 is 5.32 Å². The molecule has 19 heavy (non-hydrogen) atoms. The number of benzene rings is 2. The van der Waals surface area contributed by atoms with E-state index in [2.05, 4.69) is 21.2 Å². The van der Waals surface area contributed by atoms with Crippen molar-refractivity contribution in [3.05, 3.63) is 68.9 Å². The van der Waals surface area contributed by atoms with E-state index < -0.39 is 0 Å². The van der Waals surface area contributed by atoms with Crippen molar-refractivity contribution in [3.63, 3.8) is 0 Å². The Kier molecular flexibility index (Phi) is 4.56. The van der Waals surface area contributed by atoms with Crippen molar-refractivity contribution in [2.45, 2.75) is 6.54 Å². The predicted molar refractivity (Wildman–Crippen MR) is 76.7 cm³/mol. The molecule has 2 aromatic carbocycles. The van der Waals surface area contributed by atoms with E-state index in [9.17, 15) is 9.18 Å². The molecule has 2 aromatic rings. The third kappa shape index (κ3) is 3.78. The van der Waals surface area contributed by atoms with Gasteiger partial charge in [0, 0.05) is 27.2 Å². The lowest BCUT2D eigenvalue weighted by Crippen LogP contribution is -2.23. The molecule has 2 rings (SSSR count). The summed E-state index contributed by atoms with van der Waals surface area (Å²) in [6.45, 7) is 0.129. The fourth-order valence-corrected chi connectivity index (χ4v) is 2.10. The van der Waals surface area contributed by atoms with Crippen molar-refractivity contribution in [1.82, 2.24) is 5.32 Å². The van der Waals surface area contributed by atoms with Crippen LogP contribution in [0.2, 0.25) is 5.02 Å². The second-order valence-corrected chi connectivity index (χ2v) is 5.28. The van der Waals surface area contributed by atoms with Crippen LogP contribution in [0.25, 0.3) is 0 Å². The molecule has 0 aliphatic rings. The molecular formula is C14H10BrClFNO. The van der Waals surface area contributed by atoms with Crippen LogP contribution in [-0.4, -0.2) is 5.91 Å². The Labute approximate surface area is 123 Å². The third-order valence-corrected chi connectivity index (χ3v) is 3.27. The summed E-state index contributed by atoms with van der Waals surface area (Å²) >= 11 is 8.98. The Morgan fingerprint density at radius 2 is 2.05 bits per heavy atom. The largest absolute Gasteiger partial charge is 0.348 e. The van der Waals surface area contributed by atoms with Gasteiger partial charge in [-0.2, -0.15) is 0 Å². The molecule has 0 aliphatic heterocycles. The highest BCUT2D eigenvalue weighted by Crippen LogP contribution is 2.15. The molecule has 0 radical (unpaired) electrons. The van der Waals surface area contributed by atoms with E-state index in [1.165, 1.54) is 6.07 Å². The van der Waals surface area contributed by atoms with E-state index in [0.29, 0.717) is 20.6 Å². The van der Waals surface area contributed by atoms with Gasteiger partial charge in [0.05, 0.1) is 0 Å². The van der Waals surface area contributed by atoms with Gasteiger partial charge in [0.2, 0.25) is 0 Å². The highest BCUT2D eigenvalue weighted by Gasteiger charge is 2.08. The highest BCUT2D eigenvalue weighted by atomic mass is 79.9. The van der Waals surface area contributed by atoms with E-state index in [0.717, 1.165) is 0 Å². The smallest absolute Gasteiger partial charge is 0.251 e. The zero-order valence-electron chi connectivity index (χ0n) is 9.79. The zero-order valence-corrected chi connectivity index (χ0v) is 12.1. The van der Waals surface area contributed by atoms with E-state index in [1.807, 2.05) is 0 Å². The third-order valence-electron chi connectivity index (χ3n) is 2.54. The van der Waals surface area contributed by atoms with Crippen molar-refractivity contribution in [2.24, 2.45) is 0 Å². The minimum atomic E-state index is -0.360. The lowest BCUT2D eigenvalue weighted by Gasteiger charge is -2.07.